The molecule has 1 aliphatic heterocycles. The smallest absolute Gasteiger partial charge is 0.243 e. The summed E-state index contributed by atoms with van der Waals surface area (Å²) in [6, 6.07) is -1.14. The lowest BCUT2D eigenvalue weighted by Crippen LogP contribution is -2.47. The highest BCUT2D eigenvalue weighted by atomic mass is 16.2. The van der Waals surface area contributed by atoms with Gasteiger partial charge in [-0.25, -0.2) is 4.98 Å². The highest BCUT2D eigenvalue weighted by Crippen LogP contribution is 2.07. The van der Waals surface area contributed by atoms with E-state index < -0.39 is 12.1 Å². The molecule has 18 heavy (non-hydrogen) atoms. The van der Waals surface area contributed by atoms with E-state index in [1.807, 2.05) is 0 Å². The number of carbonyl (C=O) groups excluding carboxylic acids is 3. The zero-order valence-corrected chi connectivity index (χ0v) is 9.68. The summed E-state index contributed by atoms with van der Waals surface area (Å²) < 4.78 is 0. The van der Waals surface area contributed by atoms with Crippen LogP contribution in [0, 0.1) is 0 Å². The van der Waals surface area contributed by atoms with Crippen LogP contribution in [0.5, 0.6) is 0 Å². The second kappa shape index (κ2) is 5.44. The molecule has 2 atom stereocenters. The highest BCUT2D eigenvalue weighted by Gasteiger charge is 2.28. The number of nitrogens with zero attached hydrogens (tertiary/aromatic N) is 1. The Bertz CT molecular complexity index is 443. The fraction of sp³-hybridized carbons (Fsp3) is 0.455. The summed E-state index contributed by atoms with van der Waals surface area (Å²) in [5.74, 6) is -0.455. The summed E-state index contributed by atoms with van der Waals surface area (Å²) in [5, 5.41) is 5.15. The van der Waals surface area contributed by atoms with Crippen LogP contribution in [0.2, 0.25) is 0 Å². The summed E-state index contributed by atoms with van der Waals surface area (Å²) in [6.45, 7) is 0. The monoisotopic (exact) mass is 250 g/mol. The molecule has 2 rings (SSSR count). The van der Waals surface area contributed by atoms with E-state index in [1.54, 1.807) is 6.20 Å². The third kappa shape index (κ3) is 2.93. The summed E-state index contributed by atoms with van der Waals surface area (Å²) in [5.41, 5.74) is 0.767. The first-order chi connectivity index (χ1) is 8.69. The number of H-pyrrole nitrogens is 1. The van der Waals surface area contributed by atoms with E-state index in [-0.39, 0.29) is 11.8 Å². The molecular formula is C11H14N4O3. The molecule has 0 saturated carbocycles. The van der Waals surface area contributed by atoms with Gasteiger partial charge in [-0.2, -0.15) is 0 Å². The van der Waals surface area contributed by atoms with E-state index in [2.05, 4.69) is 20.6 Å². The Morgan fingerprint density at radius 2 is 2.50 bits per heavy atom. The first-order valence-corrected chi connectivity index (χ1v) is 5.71. The van der Waals surface area contributed by atoms with Crippen molar-refractivity contribution in [3.05, 3.63) is 18.2 Å². The van der Waals surface area contributed by atoms with Gasteiger partial charge < -0.3 is 20.4 Å². The van der Waals surface area contributed by atoms with Crippen LogP contribution >= 0.6 is 0 Å². The molecule has 1 aliphatic rings. The molecule has 1 aromatic heterocycles. The number of nitrogens with one attached hydrogen (secondary N) is 3. The number of hydrogen-bond acceptors (Lipinski definition) is 4. The van der Waals surface area contributed by atoms with Gasteiger partial charge in [-0.3, -0.25) is 9.59 Å². The Morgan fingerprint density at radius 1 is 1.67 bits per heavy atom. The molecule has 7 nitrogen and oxygen atoms in total. The molecule has 2 heterocycles. The molecule has 0 spiro atoms. The van der Waals surface area contributed by atoms with Crippen molar-refractivity contribution in [1.82, 2.24) is 20.6 Å². The molecular weight excluding hydrogens is 236 g/mol. The standard InChI is InChI=1S/C11H14N4O3/c16-5-8(3-7-4-12-6-13-7)14-11(18)9-1-2-10(17)15-9/h4-6,8-9H,1-3H2,(H,12,13)(H,14,18)(H,15,17)/t8-,9-/m0/s1. The van der Waals surface area contributed by atoms with Gasteiger partial charge in [-0.15, -0.1) is 0 Å². The number of aldehydes is 1. The van der Waals surface area contributed by atoms with Gasteiger partial charge in [0.05, 0.1) is 12.4 Å². The summed E-state index contributed by atoms with van der Waals surface area (Å²) in [7, 11) is 0. The first kappa shape index (κ1) is 12.3. The predicted octanol–water partition coefficient (Wildman–Crippen LogP) is -1.09. The Labute approximate surface area is 103 Å². The van der Waals surface area contributed by atoms with E-state index in [1.165, 1.54) is 6.33 Å². The average Bonchev–Trinajstić information content (AvgIpc) is 2.99. The molecule has 0 bridgehead atoms. The number of rotatable bonds is 5. The molecule has 0 aromatic carbocycles. The van der Waals surface area contributed by atoms with Crippen LogP contribution in [0.4, 0.5) is 0 Å². The van der Waals surface area contributed by atoms with E-state index in [0.717, 1.165) is 5.69 Å². The van der Waals surface area contributed by atoms with E-state index in [0.29, 0.717) is 25.5 Å². The number of amides is 2. The lowest BCUT2D eigenvalue weighted by atomic mass is 10.1. The molecule has 96 valence electrons. The molecule has 0 unspecified atom stereocenters. The van der Waals surface area contributed by atoms with Crippen molar-refractivity contribution in [2.75, 3.05) is 0 Å². The van der Waals surface area contributed by atoms with E-state index >= 15 is 0 Å². The van der Waals surface area contributed by atoms with Gasteiger partial charge in [0.15, 0.2) is 0 Å². The molecule has 1 fully saturated rings. The second-order valence-electron chi connectivity index (χ2n) is 4.19. The molecule has 2 amide bonds. The number of hydrogen-bond donors (Lipinski definition) is 3. The van der Waals surface area contributed by atoms with Crippen molar-refractivity contribution in [3.63, 3.8) is 0 Å². The fourth-order valence-electron chi connectivity index (χ4n) is 1.86. The highest BCUT2D eigenvalue weighted by molar-refractivity contribution is 5.91. The summed E-state index contributed by atoms with van der Waals surface area (Å²) in [4.78, 5) is 40.4. The van der Waals surface area contributed by atoms with Crippen LogP contribution in [0.3, 0.4) is 0 Å². The van der Waals surface area contributed by atoms with Crippen LogP contribution < -0.4 is 10.6 Å². The molecule has 7 heteroatoms. The van der Waals surface area contributed by atoms with Crippen LogP contribution in [0.15, 0.2) is 12.5 Å². The van der Waals surface area contributed by atoms with E-state index in [4.69, 9.17) is 0 Å². The van der Waals surface area contributed by atoms with Gasteiger partial charge in [0.2, 0.25) is 11.8 Å². The minimum atomic E-state index is -0.615. The van der Waals surface area contributed by atoms with Crippen LogP contribution in [0.25, 0.3) is 0 Å². The molecule has 3 N–H and O–H groups in total. The molecule has 0 aliphatic carbocycles. The number of aromatic nitrogens is 2. The van der Waals surface area contributed by atoms with Crippen LogP contribution in [-0.2, 0) is 20.8 Å². The van der Waals surface area contributed by atoms with Gasteiger partial charge in [0, 0.05) is 24.7 Å². The zero-order chi connectivity index (χ0) is 13.0. The number of carbonyl (C=O) groups is 3. The Kier molecular flexibility index (Phi) is 3.71. The maximum Gasteiger partial charge on any atom is 0.243 e. The topological polar surface area (TPSA) is 104 Å². The largest absolute Gasteiger partial charge is 0.348 e. The van der Waals surface area contributed by atoms with Gasteiger partial charge in [0.1, 0.15) is 12.3 Å². The van der Waals surface area contributed by atoms with Crippen LogP contribution in [0.1, 0.15) is 18.5 Å². The van der Waals surface area contributed by atoms with Crippen molar-refractivity contribution in [1.29, 1.82) is 0 Å². The third-order valence-corrected chi connectivity index (χ3v) is 2.80. The predicted molar refractivity (Wildman–Crippen MR) is 61.5 cm³/mol. The lowest BCUT2D eigenvalue weighted by Gasteiger charge is -2.15. The molecule has 0 radical (unpaired) electrons. The van der Waals surface area contributed by atoms with Gasteiger partial charge in [0.25, 0.3) is 0 Å². The number of imidazole rings is 1. The number of aromatic amines is 1. The Hall–Kier alpha value is -2.18. The summed E-state index contributed by atoms with van der Waals surface area (Å²) >= 11 is 0. The molecule has 1 saturated heterocycles. The average molecular weight is 250 g/mol. The van der Waals surface area contributed by atoms with Crippen molar-refractivity contribution >= 4 is 18.1 Å². The van der Waals surface area contributed by atoms with Gasteiger partial charge >= 0.3 is 0 Å². The second-order valence-corrected chi connectivity index (χ2v) is 4.19. The fourth-order valence-corrected chi connectivity index (χ4v) is 1.86. The summed E-state index contributed by atoms with van der Waals surface area (Å²) in [6.07, 6.45) is 4.96. The normalized spacial score (nSPS) is 20.2. The van der Waals surface area contributed by atoms with Crippen molar-refractivity contribution in [2.24, 2.45) is 0 Å². The van der Waals surface area contributed by atoms with Crippen molar-refractivity contribution in [3.8, 4) is 0 Å². The van der Waals surface area contributed by atoms with E-state index in [9.17, 15) is 14.4 Å². The lowest BCUT2D eigenvalue weighted by molar-refractivity contribution is -0.127. The maximum absolute atomic E-state index is 11.8. The van der Waals surface area contributed by atoms with Crippen LogP contribution in [-0.4, -0.2) is 40.2 Å². The molecule has 1 aromatic rings. The van der Waals surface area contributed by atoms with Gasteiger partial charge in [-0.1, -0.05) is 0 Å². The SMILES string of the molecule is O=C[C@H](Cc1cnc[nH]1)NC(=O)[C@@H]1CCC(=O)N1. The van der Waals surface area contributed by atoms with Gasteiger partial charge in [-0.05, 0) is 6.42 Å². The quantitative estimate of drug-likeness (QED) is 0.578. The minimum Gasteiger partial charge on any atom is -0.348 e. The Balaban J connectivity index is 1.88. The third-order valence-electron chi connectivity index (χ3n) is 2.80. The minimum absolute atomic E-state index is 0.133. The first-order valence-electron chi connectivity index (χ1n) is 5.71. The van der Waals surface area contributed by atoms with Crippen molar-refractivity contribution < 1.29 is 14.4 Å². The zero-order valence-electron chi connectivity index (χ0n) is 9.68. The maximum atomic E-state index is 11.8. The Morgan fingerprint density at radius 3 is 3.06 bits per heavy atom. The van der Waals surface area contributed by atoms with Crippen molar-refractivity contribution in [2.45, 2.75) is 31.3 Å².